The van der Waals surface area contributed by atoms with E-state index in [4.69, 9.17) is 10.5 Å². The molecule has 0 saturated heterocycles. The molecule has 3 rings (SSSR count). The van der Waals surface area contributed by atoms with Gasteiger partial charge in [0.1, 0.15) is 11.9 Å². The van der Waals surface area contributed by atoms with Crippen LogP contribution in [0.15, 0.2) is 72.8 Å². The predicted molar refractivity (Wildman–Crippen MR) is 96.7 cm³/mol. The maximum absolute atomic E-state index is 6.31. The van der Waals surface area contributed by atoms with Crippen LogP contribution in [0.1, 0.15) is 30.9 Å². The molecule has 3 aromatic carbocycles. The van der Waals surface area contributed by atoms with E-state index in [0.29, 0.717) is 0 Å². The van der Waals surface area contributed by atoms with Crippen LogP contribution >= 0.6 is 0 Å². The monoisotopic (exact) mass is 305 g/mol. The van der Waals surface area contributed by atoms with Crippen molar-refractivity contribution in [1.29, 1.82) is 0 Å². The van der Waals surface area contributed by atoms with Crippen LogP contribution in [0.3, 0.4) is 0 Å². The van der Waals surface area contributed by atoms with Crippen LogP contribution in [0, 0.1) is 0 Å². The third kappa shape index (κ3) is 4.11. The minimum Gasteiger partial charge on any atom is -0.486 e. The molecule has 0 aromatic heterocycles. The third-order valence-electron chi connectivity index (χ3n) is 4.09. The van der Waals surface area contributed by atoms with Gasteiger partial charge in [-0.25, -0.2) is 0 Å². The van der Waals surface area contributed by atoms with E-state index in [-0.39, 0.29) is 6.10 Å². The molecule has 2 heteroatoms. The van der Waals surface area contributed by atoms with Crippen LogP contribution < -0.4 is 10.5 Å². The minimum absolute atomic E-state index is 0.0731. The Kier molecular flexibility index (Phi) is 5.28. The molecule has 0 aliphatic rings. The van der Waals surface area contributed by atoms with E-state index in [9.17, 15) is 0 Å². The minimum atomic E-state index is 0.0731. The highest BCUT2D eigenvalue weighted by atomic mass is 16.5. The fourth-order valence-electron chi connectivity index (χ4n) is 2.84. The Morgan fingerprint density at radius 3 is 2.30 bits per heavy atom. The summed E-state index contributed by atoms with van der Waals surface area (Å²) >= 11 is 0. The number of unbranched alkanes of at least 4 members (excludes halogenated alkanes) is 1. The second-order valence-corrected chi connectivity index (χ2v) is 5.81. The van der Waals surface area contributed by atoms with Gasteiger partial charge in [0.15, 0.2) is 0 Å². The van der Waals surface area contributed by atoms with Crippen molar-refractivity contribution in [3.8, 4) is 5.75 Å². The lowest BCUT2D eigenvalue weighted by Gasteiger charge is -2.20. The van der Waals surface area contributed by atoms with Gasteiger partial charge in [-0.05, 0) is 54.3 Å². The van der Waals surface area contributed by atoms with Crippen molar-refractivity contribution in [3.05, 3.63) is 78.4 Å². The van der Waals surface area contributed by atoms with E-state index < -0.39 is 0 Å². The van der Waals surface area contributed by atoms with Crippen LogP contribution in [0.2, 0.25) is 0 Å². The lowest BCUT2D eigenvalue weighted by Crippen LogP contribution is -2.09. The van der Waals surface area contributed by atoms with Crippen LogP contribution in [-0.2, 0) is 0 Å². The summed E-state index contributed by atoms with van der Waals surface area (Å²) in [5.41, 5.74) is 6.85. The number of nitrogens with two attached hydrogens (primary N) is 1. The first kappa shape index (κ1) is 15.6. The lowest BCUT2D eigenvalue weighted by atomic mass is 10.0. The number of rotatable bonds is 7. The van der Waals surface area contributed by atoms with Crippen molar-refractivity contribution in [2.75, 3.05) is 6.54 Å². The maximum Gasteiger partial charge on any atom is 0.124 e. The molecule has 23 heavy (non-hydrogen) atoms. The zero-order valence-corrected chi connectivity index (χ0v) is 13.3. The SMILES string of the molecule is NCCCCC(Oc1ccc2ccccc2c1)c1ccccc1. The molecule has 0 fully saturated rings. The van der Waals surface area contributed by atoms with Crippen molar-refractivity contribution in [2.24, 2.45) is 5.73 Å². The molecule has 0 aliphatic heterocycles. The van der Waals surface area contributed by atoms with Crippen LogP contribution in [0.5, 0.6) is 5.75 Å². The molecule has 0 bridgehead atoms. The molecule has 2 nitrogen and oxygen atoms in total. The molecule has 118 valence electrons. The molecule has 0 spiro atoms. The van der Waals surface area contributed by atoms with Gasteiger partial charge in [-0.2, -0.15) is 0 Å². The largest absolute Gasteiger partial charge is 0.486 e. The Morgan fingerprint density at radius 2 is 1.52 bits per heavy atom. The van der Waals surface area contributed by atoms with Gasteiger partial charge in [-0.15, -0.1) is 0 Å². The summed E-state index contributed by atoms with van der Waals surface area (Å²) in [6.07, 6.45) is 3.16. The van der Waals surface area contributed by atoms with E-state index in [0.717, 1.165) is 31.6 Å². The highest BCUT2D eigenvalue weighted by molar-refractivity contribution is 5.83. The molecular formula is C21H23NO. The number of benzene rings is 3. The second-order valence-electron chi connectivity index (χ2n) is 5.81. The van der Waals surface area contributed by atoms with Crippen molar-refractivity contribution >= 4 is 10.8 Å². The average molecular weight is 305 g/mol. The lowest BCUT2D eigenvalue weighted by molar-refractivity contribution is 0.191. The van der Waals surface area contributed by atoms with E-state index >= 15 is 0 Å². The zero-order valence-electron chi connectivity index (χ0n) is 13.3. The molecule has 0 heterocycles. The van der Waals surface area contributed by atoms with Gasteiger partial charge in [0, 0.05) is 0 Å². The second kappa shape index (κ2) is 7.80. The smallest absolute Gasteiger partial charge is 0.124 e. The summed E-state index contributed by atoms with van der Waals surface area (Å²) in [5, 5.41) is 2.44. The highest BCUT2D eigenvalue weighted by Gasteiger charge is 2.13. The number of hydrogen-bond acceptors (Lipinski definition) is 2. The molecular weight excluding hydrogens is 282 g/mol. The molecule has 0 amide bonds. The Labute approximate surface area is 137 Å². The molecule has 3 aromatic rings. The first-order valence-corrected chi connectivity index (χ1v) is 8.27. The summed E-state index contributed by atoms with van der Waals surface area (Å²) < 4.78 is 6.31. The first-order valence-electron chi connectivity index (χ1n) is 8.27. The van der Waals surface area contributed by atoms with Gasteiger partial charge >= 0.3 is 0 Å². The van der Waals surface area contributed by atoms with Crippen molar-refractivity contribution in [1.82, 2.24) is 0 Å². The van der Waals surface area contributed by atoms with Crippen molar-refractivity contribution in [3.63, 3.8) is 0 Å². The summed E-state index contributed by atoms with van der Waals surface area (Å²) in [6, 6.07) is 25.1. The van der Waals surface area contributed by atoms with Gasteiger partial charge in [0.25, 0.3) is 0 Å². The van der Waals surface area contributed by atoms with E-state index in [2.05, 4.69) is 66.7 Å². The predicted octanol–water partition coefficient (Wildman–Crippen LogP) is 5.09. The topological polar surface area (TPSA) is 35.2 Å². The third-order valence-corrected chi connectivity index (χ3v) is 4.09. The van der Waals surface area contributed by atoms with E-state index in [1.165, 1.54) is 16.3 Å². The number of hydrogen-bond donors (Lipinski definition) is 1. The highest BCUT2D eigenvalue weighted by Crippen LogP contribution is 2.28. The van der Waals surface area contributed by atoms with Crippen molar-refractivity contribution < 1.29 is 4.74 Å². The fraction of sp³-hybridized carbons (Fsp3) is 0.238. The van der Waals surface area contributed by atoms with Gasteiger partial charge < -0.3 is 10.5 Å². The Hall–Kier alpha value is -2.32. The Morgan fingerprint density at radius 1 is 0.783 bits per heavy atom. The van der Waals surface area contributed by atoms with Crippen LogP contribution in [0.4, 0.5) is 0 Å². The molecule has 0 aliphatic carbocycles. The van der Waals surface area contributed by atoms with Gasteiger partial charge in [0.05, 0.1) is 0 Å². The average Bonchev–Trinajstić information content (AvgIpc) is 2.62. The molecule has 0 saturated carbocycles. The quantitative estimate of drug-likeness (QED) is 0.617. The van der Waals surface area contributed by atoms with Crippen LogP contribution in [0.25, 0.3) is 10.8 Å². The van der Waals surface area contributed by atoms with E-state index in [1.54, 1.807) is 0 Å². The number of fused-ring (bicyclic) bond motifs is 1. The molecule has 1 unspecified atom stereocenters. The normalized spacial score (nSPS) is 12.2. The van der Waals surface area contributed by atoms with E-state index in [1.807, 2.05) is 6.07 Å². The van der Waals surface area contributed by atoms with Gasteiger partial charge in [0.2, 0.25) is 0 Å². The Balaban J connectivity index is 1.81. The summed E-state index contributed by atoms with van der Waals surface area (Å²) in [5.74, 6) is 0.922. The summed E-state index contributed by atoms with van der Waals surface area (Å²) in [4.78, 5) is 0. The molecule has 2 N–H and O–H groups in total. The number of ether oxygens (including phenoxy) is 1. The molecule has 0 radical (unpaired) electrons. The summed E-state index contributed by atoms with van der Waals surface area (Å²) in [6.45, 7) is 0.734. The molecule has 1 atom stereocenters. The fourth-order valence-corrected chi connectivity index (χ4v) is 2.84. The van der Waals surface area contributed by atoms with Crippen LogP contribution in [-0.4, -0.2) is 6.54 Å². The van der Waals surface area contributed by atoms with Crippen molar-refractivity contribution in [2.45, 2.75) is 25.4 Å². The standard InChI is InChI=1S/C21H23NO/c22-15-7-6-12-21(18-9-2-1-3-10-18)23-20-14-13-17-8-4-5-11-19(17)16-20/h1-5,8-11,13-14,16,21H,6-7,12,15,22H2. The zero-order chi connectivity index (χ0) is 15.9. The summed E-state index contributed by atoms with van der Waals surface area (Å²) in [7, 11) is 0. The Bertz CT molecular complexity index is 739. The van der Waals surface area contributed by atoms with Gasteiger partial charge in [-0.1, -0.05) is 60.7 Å². The van der Waals surface area contributed by atoms with Gasteiger partial charge in [-0.3, -0.25) is 0 Å². The first-order chi connectivity index (χ1) is 11.4. The maximum atomic E-state index is 6.31.